The number of carbonyl (C=O) groups excluding carboxylic acids is 2. The number of benzene rings is 1. The van der Waals surface area contributed by atoms with Crippen molar-refractivity contribution in [2.24, 2.45) is 23.2 Å². The van der Waals surface area contributed by atoms with E-state index < -0.39 is 17.7 Å². The SMILES string of the molecule is C[C@H](NC(=O)CNC(=O)CC12CC3CC(CC(C3)C1)C2)c1ccc(F)cc1F. The number of nitrogens with one attached hydrogen (secondary N) is 2. The zero-order valence-corrected chi connectivity index (χ0v) is 16.3. The van der Waals surface area contributed by atoms with E-state index in [1.807, 2.05) is 0 Å². The van der Waals surface area contributed by atoms with E-state index in [-0.39, 0.29) is 29.3 Å². The van der Waals surface area contributed by atoms with Crippen LogP contribution in [0.5, 0.6) is 0 Å². The van der Waals surface area contributed by atoms with E-state index in [2.05, 4.69) is 10.6 Å². The monoisotopic (exact) mass is 390 g/mol. The summed E-state index contributed by atoms with van der Waals surface area (Å²) in [5.41, 5.74) is 0.356. The van der Waals surface area contributed by atoms with E-state index >= 15 is 0 Å². The zero-order chi connectivity index (χ0) is 19.9. The average molecular weight is 390 g/mol. The van der Waals surface area contributed by atoms with Crippen molar-refractivity contribution in [3.63, 3.8) is 0 Å². The molecule has 6 heteroatoms. The standard InChI is InChI=1S/C22H28F2N2O2/c1-13(18-3-2-17(23)7-19(18)24)26-21(28)12-25-20(27)11-22-8-14-4-15(9-22)6-16(5-14)10-22/h2-3,7,13-16H,4-6,8-12H2,1H3,(H,25,27)(H,26,28)/t13-,14?,15?,16?,22?/m0/s1. The highest BCUT2D eigenvalue weighted by molar-refractivity contribution is 5.85. The molecule has 4 nitrogen and oxygen atoms in total. The van der Waals surface area contributed by atoms with Gasteiger partial charge in [-0.3, -0.25) is 9.59 Å². The minimum Gasteiger partial charge on any atom is -0.348 e. The van der Waals surface area contributed by atoms with Crippen LogP contribution in [0.2, 0.25) is 0 Å². The molecule has 0 aliphatic heterocycles. The third-order valence-corrected chi connectivity index (χ3v) is 6.95. The molecular formula is C22H28F2N2O2. The molecule has 28 heavy (non-hydrogen) atoms. The first-order valence-corrected chi connectivity index (χ1v) is 10.3. The molecule has 5 rings (SSSR count). The second-order valence-corrected chi connectivity index (χ2v) is 9.33. The average Bonchev–Trinajstić information content (AvgIpc) is 2.58. The van der Waals surface area contributed by atoms with Gasteiger partial charge in [-0.05, 0) is 74.7 Å². The fourth-order valence-electron chi connectivity index (χ4n) is 6.31. The molecule has 2 N–H and O–H groups in total. The van der Waals surface area contributed by atoms with Gasteiger partial charge in [-0.25, -0.2) is 8.78 Å². The molecule has 0 aromatic heterocycles. The van der Waals surface area contributed by atoms with Crippen LogP contribution in [0.15, 0.2) is 18.2 Å². The second kappa shape index (κ2) is 7.45. The summed E-state index contributed by atoms with van der Waals surface area (Å²) in [5.74, 6) is 0.555. The molecular weight excluding hydrogens is 362 g/mol. The highest BCUT2D eigenvalue weighted by atomic mass is 19.1. The van der Waals surface area contributed by atoms with Crippen molar-refractivity contribution in [3.05, 3.63) is 35.4 Å². The number of amides is 2. The van der Waals surface area contributed by atoms with Gasteiger partial charge in [0.15, 0.2) is 0 Å². The molecule has 0 unspecified atom stereocenters. The van der Waals surface area contributed by atoms with E-state index in [0.717, 1.165) is 49.1 Å². The van der Waals surface area contributed by atoms with Crippen molar-refractivity contribution in [2.45, 2.75) is 57.9 Å². The molecule has 0 saturated heterocycles. The maximum Gasteiger partial charge on any atom is 0.239 e. The van der Waals surface area contributed by atoms with E-state index in [0.29, 0.717) is 6.42 Å². The molecule has 0 radical (unpaired) electrons. The maximum atomic E-state index is 13.8. The Labute approximate surface area is 164 Å². The highest BCUT2D eigenvalue weighted by Gasteiger charge is 2.51. The largest absolute Gasteiger partial charge is 0.348 e. The fourth-order valence-corrected chi connectivity index (χ4v) is 6.31. The highest BCUT2D eigenvalue weighted by Crippen LogP contribution is 2.61. The lowest BCUT2D eigenvalue weighted by Crippen LogP contribution is -2.48. The molecule has 4 bridgehead atoms. The lowest BCUT2D eigenvalue weighted by molar-refractivity contribution is -0.132. The summed E-state index contributed by atoms with van der Waals surface area (Å²) >= 11 is 0. The molecule has 1 aromatic carbocycles. The quantitative estimate of drug-likeness (QED) is 0.775. The molecule has 0 spiro atoms. The summed E-state index contributed by atoms with van der Waals surface area (Å²) in [6, 6.07) is 2.68. The van der Waals surface area contributed by atoms with Crippen LogP contribution in [0, 0.1) is 34.8 Å². The van der Waals surface area contributed by atoms with E-state index in [9.17, 15) is 18.4 Å². The van der Waals surface area contributed by atoms with Gasteiger partial charge in [0, 0.05) is 18.1 Å². The van der Waals surface area contributed by atoms with Gasteiger partial charge in [0.05, 0.1) is 12.6 Å². The third-order valence-electron chi connectivity index (χ3n) is 6.95. The molecule has 4 fully saturated rings. The Kier molecular flexibility index (Phi) is 5.15. The van der Waals surface area contributed by atoms with Crippen LogP contribution in [0.1, 0.15) is 63.5 Å². The number of hydrogen-bond acceptors (Lipinski definition) is 2. The first-order valence-electron chi connectivity index (χ1n) is 10.3. The van der Waals surface area contributed by atoms with Crippen molar-refractivity contribution >= 4 is 11.8 Å². The Hall–Kier alpha value is -1.98. The molecule has 152 valence electrons. The minimum atomic E-state index is -0.696. The lowest BCUT2D eigenvalue weighted by atomic mass is 9.49. The zero-order valence-electron chi connectivity index (χ0n) is 16.3. The fraction of sp³-hybridized carbons (Fsp3) is 0.636. The first kappa shape index (κ1) is 19.3. The summed E-state index contributed by atoms with van der Waals surface area (Å²) in [7, 11) is 0. The summed E-state index contributed by atoms with van der Waals surface area (Å²) in [5, 5.41) is 5.39. The van der Waals surface area contributed by atoms with Crippen LogP contribution in [-0.4, -0.2) is 18.4 Å². The summed E-state index contributed by atoms with van der Waals surface area (Å²) < 4.78 is 26.8. The van der Waals surface area contributed by atoms with Gasteiger partial charge in [-0.15, -0.1) is 0 Å². The van der Waals surface area contributed by atoms with Crippen molar-refractivity contribution in [3.8, 4) is 0 Å². The molecule has 0 heterocycles. The number of carbonyl (C=O) groups is 2. The van der Waals surface area contributed by atoms with Gasteiger partial charge in [-0.2, -0.15) is 0 Å². The Bertz CT molecular complexity index is 745. The van der Waals surface area contributed by atoms with E-state index in [1.54, 1.807) is 6.92 Å². The number of rotatable bonds is 6. The van der Waals surface area contributed by atoms with Gasteiger partial charge >= 0.3 is 0 Å². The van der Waals surface area contributed by atoms with Crippen molar-refractivity contribution < 1.29 is 18.4 Å². The van der Waals surface area contributed by atoms with Crippen molar-refractivity contribution in [1.82, 2.24) is 10.6 Å². The Morgan fingerprint density at radius 2 is 1.68 bits per heavy atom. The van der Waals surface area contributed by atoms with Gasteiger partial charge < -0.3 is 10.6 Å². The van der Waals surface area contributed by atoms with Crippen molar-refractivity contribution in [1.29, 1.82) is 0 Å². The van der Waals surface area contributed by atoms with Crippen LogP contribution in [0.25, 0.3) is 0 Å². The Morgan fingerprint density at radius 1 is 1.07 bits per heavy atom. The summed E-state index contributed by atoms with van der Waals surface area (Å²) in [6.45, 7) is 1.50. The summed E-state index contributed by atoms with van der Waals surface area (Å²) in [6.07, 6.45) is 7.97. The number of hydrogen-bond donors (Lipinski definition) is 2. The predicted octanol–water partition coefficient (Wildman–Crippen LogP) is 3.86. The van der Waals surface area contributed by atoms with Gasteiger partial charge in [0.2, 0.25) is 11.8 Å². The smallest absolute Gasteiger partial charge is 0.239 e. The maximum absolute atomic E-state index is 13.8. The molecule has 4 aliphatic rings. The second-order valence-electron chi connectivity index (χ2n) is 9.33. The summed E-state index contributed by atoms with van der Waals surface area (Å²) in [4.78, 5) is 24.6. The number of halogens is 2. The van der Waals surface area contributed by atoms with Gasteiger partial charge in [0.1, 0.15) is 11.6 Å². The lowest BCUT2D eigenvalue weighted by Gasteiger charge is -2.56. The predicted molar refractivity (Wildman–Crippen MR) is 101 cm³/mol. The van der Waals surface area contributed by atoms with E-state index in [1.165, 1.54) is 25.3 Å². The van der Waals surface area contributed by atoms with Crippen molar-refractivity contribution in [2.75, 3.05) is 6.54 Å². The van der Waals surface area contributed by atoms with Crippen LogP contribution < -0.4 is 10.6 Å². The van der Waals surface area contributed by atoms with Gasteiger partial charge in [0.25, 0.3) is 0 Å². The molecule has 4 aliphatic carbocycles. The topological polar surface area (TPSA) is 58.2 Å². The van der Waals surface area contributed by atoms with Crippen LogP contribution in [0.4, 0.5) is 8.78 Å². The molecule has 2 amide bonds. The minimum absolute atomic E-state index is 0.0716. The van der Waals surface area contributed by atoms with Crippen LogP contribution >= 0.6 is 0 Å². The molecule has 1 aromatic rings. The first-order chi connectivity index (χ1) is 13.3. The van der Waals surface area contributed by atoms with Crippen LogP contribution in [0.3, 0.4) is 0 Å². The molecule has 4 saturated carbocycles. The van der Waals surface area contributed by atoms with Crippen LogP contribution in [-0.2, 0) is 9.59 Å². The van der Waals surface area contributed by atoms with E-state index in [4.69, 9.17) is 0 Å². The Morgan fingerprint density at radius 3 is 2.25 bits per heavy atom. The third kappa shape index (κ3) is 4.06. The Balaban J connectivity index is 1.26. The van der Waals surface area contributed by atoms with Gasteiger partial charge in [-0.1, -0.05) is 6.07 Å². The normalized spacial score (nSPS) is 31.5. The molecule has 1 atom stereocenters.